The van der Waals surface area contributed by atoms with Gasteiger partial charge in [0, 0.05) is 65.0 Å². The highest BCUT2D eigenvalue weighted by atomic mass is 32.1. The van der Waals surface area contributed by atoms with Gasteiger partial charge in [0.2, 0.25) is 18.6 Å². The summed E-state index contributed by atoms with van der Waals surface area (Å²) in [5, 5.41) is 17.0. The summed E-state index contributed by atoms with van der Waals surface area (Å²) in [7, 11) is 0. The highest BCUT2D eigenvalue weighted by molar-refractivity contribution is 7.10. The first kappa shape index (κ1) is 29.6. The Morgan fingerprint density at radius 2 is 1.62 bits per heavy atom. The molecule has 0 atom stereocenters. The van der Waals surface area contributed by atoms with Gasteiger partial charge in [-0.15, -0.1) is 11.3 Å². The Hall–Kier alpha value is -3.85. The predicted molar refractivity (Wildman–Crippen MR) is 166 cm³/mol. The van der Waals surface area contributed by atoms with Crippen LogP contribution in [0.1, 0.15) is 76.4 Å². The molecule has 5 rings (SSSR count). The Morgan fingerprint density at radius 3 is 2.26 bits per heavy atom. The summed E-state index contributed by atoms with van der Waals surface area (Å²) in [5.41, 5.74) is 3.93. The summed E-state index contributed by atoms with van der Waals surface area (Å²) in [6, 6.07) is 9.29. The van der Waals surface area contributed by atoms with Crippen LogP contribution in [0.3, 0.4) is 0 Å². The standard InChI is InChI=1S/C33H39N3O5S/c1-32(2,3)23-15-21(16-24(30(23)39)33(4,5)6)25-18-42-31(35-25)20-11-13-36(14-12-20)29(38)10-9-28(37)34-22-7-8-26-27(17-22)41-19-40-26/h7-10,15-18,20,39H,11-14,19H2,1-6H3,(H,34,37)/b10-9+. The van der Waals surface area contributed by atoms with Gasteiger partial charge in [-0.25, -0.2) is 4.98 Å². The third kappa shape index (κ3) is 6.46. The van der Waals surface area contributed by atoms with Crippen LogP contribution in [0.25, 0.3) is 11.3 Å². The van der Waals surface area contributed by atoms with E-state index in [9.17, 15) is 14.7 Å². The summed E-state index contributed by atoms with van der Waals surface area (Å²) in [6.45, 7) is 14.0. The van der Waals surface area contributed by atoms with Crippen molar-refractivity contribution < 1.29 is 24.2 Å². The number of phenolic OH excluding ortho intramolecular Hbond substituents is 1. The number of aromatic hydroxyl groups is 1. The van der Waals surface area contributed by atoms with E-state index in [-0.39, 0.29) is 35.4 Å². The molecule has 0 saturated carbocycles. The fourth-order valence-electron chi connectivity index (χ4n) is 5.29. The van der Waals surface area contributed by atoms with E-state index in [2.05, 4.69) is 64.4 Å². The zero-order valence-electron chi connectivity index (χ0n) is 25.1. The number of hydrogen-bond acceptors (Lipinski definition) is 7. The van der Waals surface area contributed by atoms with Gasteiger partial charge in [0.25, 0.3) is 0 Å². The lowest BCUT2D eigenvalue weighted by Crippen LogP contribution is -2.37. The molecule has 2 N–H and O–H groups in total. The lowest BCUT2D eigenvalue weighted by Gasteiger charge is -2.30. The number of nitrogens with zero attached hydrogens (tertiary/aromatic N) is 2. The summed E-state index contributed by atoms with van der Waals surface area (Å²) >= 11 is 1.65. The lowest BCUT2D eigenvalue weighted by atomic mass is 9.78. The van der Waals surface area contributed by atoms with Gasteiger partial charge in [0.1, 0.15) is 5.75 Å². The first-order chi connectivity index (χ1) is 19.8. The molecule has 0 aliphatic carbocycles. The third-order valence-electron chi connectivity index (χ3n) is 7.72. The van der Waals surface area contributed by atoms with Crippen molar-refractivity contribution in [3.63, 3.8) is 0 Å². The molecule has 42 heavy (non-hydrogen) atoms. The summed E-state index contributed by atoms with van der Waals surface area (Å²) in [6.07, 6.45) is 4.22. The molecule has 2 aliphatic heterocycles. The number of thiazole rings is 1. The van der Waals surface area contributed by atoms with Crippen molar-refractivity contribution in [2.24, 2.45) is 0 Å². The van der Waals surface area contributed by atoms with E-state index < -0.39 is 0 Å². The zero-order chi connectivity index (χ0) is 30.2. The van der Waals surface area contributed by atoms with Gasteiger partial charge in [0.15, 0.2) is 11.5 Å². The number of phenols is 1. The first-order valence-corrected chi connectivity index (χ1v) is 15.2. The van der Waals surface area contributed by atoms with Crippen molar-refractivity contribution in [2.75, 3.05) is 25.2 Å². The highest BCUT2D eigenvalue weighted by Crippen LogP contribution is 2.43. The van der Waals surface area contributed by atoms with Crippen LogP contribution in [0.5, 0.6) is 17.2 Å². The van der Waals surface area contributed by atoms with E-state index >= 15 is 0 Å². The Morgan fingerprint density at radius 1 is 0.976 bits per heavy atom. The van der Waals surface area contributed by atoms with Crippen molar-refractivity contribution >= 4 is 28.8 Å². The van der Waals surface area contributed by atoms with Crippen molar-refractivity contribution in [2.45, 2.75) is 71.1 Å². The molecule has 222 valence electrons. The van der Waals surface area contributed by atoms with Crippen molar-refractivity contribution in [1.29, 1.82) is 0 Å². The maximum absolute atomic E-state index is 12.8. The van der Waals surface area contributed by atoms with Crippen LogP contribution < -0.4 is 14.8 Å². The SMILES string of the molecule is CC(C)(C)c1cc(-c2csc(C3CCN(C(=O)/C=C/C(=O)Nc4ccc5c(c4)OCO5)CC3)n2)cc(C(C)(C)C)c1O. The number of carbonyl (C=O) groups excluding carboxylic acids is 2. The van der Waals surface area contributed by atoms with Gasteiger partial charge in [-0.3, -0.25) is 9.59 Å². The van der Waals surface area contributed by atoms with E-state index in [0.29, 0.717) is 36.0 Å². The fraction of sp³-hybridized carbons (Fsp3) is 0.424. The highest BCUT2D eigenvalue weighted by Gasteiger charge is 2.29. The number of ether oxygens (including phenoxy) is 2. The molecule has 1 aromatic heterocycles. The minimum atomic E-state index is -0.383. The molecule has 0 bridgehead atoms. The van der Waals surface area contributed by atoms with Gasteiger partial charge in [-0.2, -0.15) is 0 Å². The predicted octanol–water partition coefficient (Wildman–Crippen LogP) is 6.74. The second kappa shape index (κ2) is 11.4. The quantitative estimate of drug-likeness (QED) is 0.320. The molecular formula is C33H39N3O5S. The fourth-order valence-corrected chi connectivity index (χ4v) is 6.29. The topological polar surface area (TPSA) is 101 Å². The number of piperidine rings is 1. The molecule has 3 heterocycles. The number of nitrogens with one attached hydrogen (secondary N) is 1. The number of aromatic nitrogens is 1. The molecule has 2 aliphatic rings. The number of anilines is 1. The van der Waals surface area contributed by atoms with E-state index in [1.54, 1.807) is 34.4 Å². The summed E-state index contributed by atoms with van der Waals surface area (Å²) < 4.78 is 10.6. The molecular weight excluding hydrogens is 550 g/mol. The largest absolute Gasteiger partial charge is 0.507 e. The second-order valence-electron chi connectivity index (χ2n) is 13.0. The smallest absolute Gasteiger partial charge is 0.248 e. The number of amides is 2. The molecule has 2 amide bonds. The number of hydrogen-bond donors (Lipinski definition) is 2. The number of carbonyl (C=O) groups is 2. The van der Waals surface area contributed by atoms with Crippen LogP contribution >= 0.6 is 11.3 Å². The first-order valence-electron chi connectivity index (χ1n) is 14.3. The van der Waals surface area contributed by atoms with Crippen LogP contribution in [-0.2, 0) is 20.4 Å². The molecule has 0 spiro atoms. The number of rotatable bonds is 5. The molecule has 0 unspecified atom stereocenters. The maximum atomic E-state index is 12.8. The van der Waals surface area contributed by atoms with Crippen LogP contribution in [0.2, 0.25) is 0 Å². The second-order valence-corrected chi connectivity index (χ2v) is 13.9. The van der Waals surface area contributed by atoms with Crippen LogP contribution in [-0.4, -0.2) is 46.7 Å². The van der Waals surface area contributed by atoms with E-state index in [1.807, 2.05) is 0 Å². The van der Waals surface area contributed by atoms with Gasteiger partial charge in [-0.1, -0.05) is 41.5 Å². The minimum absolute atomic E-state index is 0.163. The Bertz CT molecular complexity index is 1490. The van der Waals surface area contributed by atoms with E-state index in [0.717, 1.165) is 40.2 Å². The number of fused-ring (bicyclic) bond motifs is 1. The summed E-state index contributed by atoms with van der Waals surface area (Å²) in [4.78, 5) is 31.9. The monoisotopic (exact) mass is 589 g/mol. The molecule has 1 saturated heterocycles. The van der Waals surface area contributed by atoms with Crippen molar-refractivity contribution in [3.05, 3.63) is 64.0 Å². The normalized spacial score (nSPS) is 15.8. The van der Waals surface area contributed by atoms with Gasteiger partial charge < -0.3 is 24.8 Å². The Labute approximate surface area is 251 Å². The van der Waals surface area contributed by atoms with Crippen LogP contribution in [0.15, 0.2) is 47.9 Å². The molecule has 1 fully saturated rings. The maximum Gasteiger partial charge on any atom is 0.248 e. The number of likely N-dealkylation sites (tertiary alicyclic amines) is 1. The van der Waals surface area contributed by atoms with Crippen LogP contribution in [0.4, 0.5) is 5.69 Å². The van der Waals surface area contributed by atoms with E-state index in [4.69, 9.17) is 14.5 Å². The Kier molecular flexibility index (Phi) is 8.07. The molecule has 3 aromatic rings. The molecule has 2 aromatic carbocycles. The van der Waals surface area contributed by atoms with E-state index in [1.165, 1.54) is 12.2 Å². The van der Waals surface area contributed by atoms with Gasteiger partial charge in [-0.05, 0) is 47.9 Å². The van der Waals surface area contributed by atoms with Gasteiger partial charge in [0.05, 0.1) is 10.7 Å². The lowest BCUT2D eigenvalue weighted by molar-refractivity contribution is -0.127. The van der Waals surface area contributed by atoms with Crippen molar-refractivity contribution in [1.82, 2.24) is 9.88 Å². The Balaban J connectivity index is 1.20. The van der Waals surface area contributed by atoms with Crippen molar-refractivity contribution in [3.8, 4) is 28.5 Å². The van der Waals surface area contributed by atoms with Gasteiger partial charge >= 0.3 is 0 Å². The van der Waals surface area contributed by atoms with Crippen LogP contribution in [0, 0.1) is 0 Å². The number of benzene rings is 2. The third-order valence-corrected chi connectivity index (χ3v) is 8.72. The average Bonchev–Trinajstić information content (AvgIpc) is 3.60. The summed E-state index contributed by atoms with van der Waals surface area (Å²) in [5.74, 6) is 1.29. The molecule has 9 heteroatoms. The zero-order valence-corrected chi connectivity index (χ0v) is 25.9. The molecule has 8 nitrogen and oxygen atoms in total. The minimum Gasteiger partial charge on any atom is -0.507 e. The average molecular weight is 590 g/mol. The molecule has 0 radical (unpaired) electrons.